The first-order valence-corrected chi connectivity index (χ1v) is 9.91. The number of nitrogens with zero attached hydrogens (tertiary/aromatic N) is 4. The van der Waals surface area contributed by atoms with Crippen molar-refractivity contribution >= 4 is 5.96 Å². The molecule has 1 heterocycles. The van der Waals surface area contributed by atoms with Crippen LogP contribution in [0.4, 0.5) is 0 Å². The third-order valence-electron chi connectivity index (χ3n) is 4.74. The lowest BCUT2D eigenvalue weighted by molar-refractivity contribution is 0.414. The van der Waals surface area contributed by atoms with Crippen molar-refractivity contribution in [1.82, 2.24) is 25.4 Å². The zero-order valence-electron chi connectivity index (χ0n) is 18.0. The van der Waals surface area contributed by atoms with E-state index in [1.54, 1.807) is 7.11 Å². The van der Waals surface area contributed by atoms with E-state index >= 15 is 0 Å². The first kappa shape index (κ1) is 21.7. The number of ether oxygens (including phenoxy) is 1. The fourth-order valence-electron chi connectivity index (χ4n) is 2.71. The minimum Gasteiger partial charge on any atom is -0.497 e. The van der Waals surface area contributed by atoms with Crippen LogP contribution in [0, 0.1) is 12.8 Å². The van der Waals surface area contributed by atoms with Crippen LogP contribution >= 0.6 is 0 Å². The van der Waals surface area contributed by atoms with Gasteiger partial charge < -0.3 is 19.9 Å². The first-order chi connectivity index (χ1) is 13.4. The molecule has 0 aliphatic heterocycles. The molecule has 2 rings (SSSR count). The van der Waals surface area contributed by atoms with Crippen LogP contribution in [0.25, 0.3) is 0 Å². The summed E-state index contributed by atoms with van der Waals surface area (Å²) in [6, 6.07) is 8.33. The number of aliphatic imine (C=N–C) groups is 1. The summed E-state index contributed by atoms with van der Waals surface area (Å²) in [5, 5.41) is 15.2. The van der Waals surface area contributed by atoms with E-state index in [2.05, 4.69) is 41.6 Å². The van der Waals surface area contributed by atoms with Gasteiger partial charge in [0.05, 0.1) is 20.2 Å². The van der Waals surface area contributed by atoms with Crippen molar-refractivity contribution < 1.29 is 4.74 Å². The van der Waals surface area contributed by atoms with Crippen LogP contribution < -0.4 is 15.4 Å². The maximum atomic E-state index is 5.22. The summed E-state index contributed by atoms with van der Waals surface area (Å²) >= 11 is 0. The summed E-state index contributed by atoms with van der Waals surface area (Å²) in [6.07, 6.45) is 2.28. The van der Waals surface area contributed by atoms with Crippen molar-refractivity contribution in [2.75, 3.05) is 7.11 Å². The highest BCUT2D eigenvalue weighted by molar-refractivity contribution is 5.80. The molecule has 1 aromatic heterocycles. The van der Waals surface area contributed by atoms with Gasteiger partial charge in [0.15, 0.2) is 11.8 Å². The van der Waals surface area contributed by atoms with E-state index in [0.29, 0.717) is 25.0 Å². The van der Waals surface area contributed by atoms with Crippen molar-refractivity contribution in [2.24, 2.45) is 18.0 Å². The van der Waals surface area contributed by atoms with Crippen LogP contribution in [0.5, 0.6) is 5.75 Å². The smallest absolute Gasteiger partial charge is 0.192 e. The van der Waals surface area contributed by atoms with E-state index in [0.717, 1.165) is 35.3 Å². The Morgan fingerprint density at radius 1 is 1.14 bits per heavy atom. The molecule has 7 heteroatoms. The number of nitrogens with one attached hydrogen (secondary N) is 2. The van der Waals surface area contributed by atoms with Crippen molar-refractivity contribution in [2.45, 2.75) is 59.7 Å². The summed E-state index contributed by atoms with van der Waals surface area (Å²) < 4.78 is 7.20. The van der Waals surface area contributed by atoms with Crippen LogP contribution in [0.2, 0.25) is 0 Å². The topological polar surface area (TPSA) is 76.4 Å². The first-order valence-electron chi connectivity index (χ1n) is 9.91. The molecule has 0 aliphatic carbocycles. The SMILES string of the molecule is COc1ccc(CN=C(NCc2nnc(C)n2C)NC(C)CCC(C)C)cc1. The largest absolute Gasteiger partial charge is 0.497 e. The molecule has 28 heavy (non-hydrogen) atoms. The third-order valence-corrected chi connectivity index (χ3v) is 4.74. The maximum absolute atomic E-state index is 5.22. The Balaban J connectivity index is 2.03. The molecule has 0 saturated heterocycles. The van der Waals surface area contributed by atoms with Crippen molar-refractivity contribution in [1.29, 1.82) is 0 Å². The molecule has 0 amide bonds. The Morgan fingerprint density at radius 3 is 2.43 bits per heavy atom. The number of methoxy groups -OCH3 is 1. The molecule has 0 aliphatic rings. The Morgan fingerprint density at radius 2 is 1.86 bits per heavy atom. The molecule has 7 nitrogen and oxygen atoms in total. The molecule has 0 radical (unpaired) electrons. The van der Waals surface area contributed by atoms with E-state index in [9.17, 15) is 0 Å². The Bertz CT molecular complexity index is 751. The number of guanidine groups is 1. The molecular formula is C21H34N6O. The number of benzene rings is 1. The Kier molecular flexibility index (Phi) is 8.29. The van der Waals surface area contributed by atoms with Gasteiger partial charge in [-0.2, -0.15) is 0 Å². The summed E-state index contributed by atoms with van der Waals surface area (Å²) in [5.41, 5.74) is 1.13. The second kappa shape index (κ2) is 10.7. The van der Waals surface area contributed by atoms with Crippen LogP contribution in [0.3, 0.4) is 0 Å². The van der Waals surface area contributed by atoms with Crippen LogP contribution in [0.1, 0.15) is 50.8 Å². The van der Waals surface area contributed by atoms with Crippen molar-refractivity contribution in [3.63, 3.8) is 0 Å². The molecule has 154 valence electrons. The van der Waals surface area contributed by atoms with Gasteiger partial charge in [0.2, 0.25) is 0 Å². The number of rotatable bonds is 9. The Hall–Kier alpha value is -2.57. The van der Waals surface area contributed by atoms with Gasteiger partial charge in [-0.05, 0) is 50.3 Å². The third kappa shape index (κ3) is 6.87. The lowest BCUT2D eigenvalue weighted by Gasteiger charge is -2.19. The lowest BCUT2D eigenvalue weighted by atomic mass is 10.0. The summed E-state index contributed by atoms with van der Waals surface area (Å²) in [7, 11) is 3.64. The molecule has 0 saturated carbocycles. The highest BCUT2D eigenvalue weighted by atomic mass is 16.5. The van der Waals surface area contributed by atoms with E-state index in [-0.39, 0.29) is 0 Å². The summed E-state index contributed by atoms with van der Waals surface area (Å²) in [5.74, 6) is 4.11. The van der Waals surface area contributed by atoms with Gasteiger partial charge in [-0.3, -0.25) is 0 Å². The maximum Gasteiger partial charge on any atom is 0.192 e. The fraction of sp³-hybridized carbons (Fsp3) is 0.571. The highest BCUT2D eigenvalue weighted by Crippen LogP contribution is 2.12. The van der Waals surface area contributed by atoms with Crippen LogP contribution in [0.15, 0.2) is 29.3 Å². The minimum atomic E-state index is 0.339. The molecule has 1 atom stereocenters. The normalized spacial score (nSPS) is 12.9. The quantitative estimate of drug-likeness (QED) is 0.511. The monoisotopic (exact) mass is 386 g/mol. The molecule has 0 fully saturated rings. The molecule has 2 aromatic rings. The average molecular weight is 387 g/mol. The van der Waals surface area contributed by atoms with E-state index in [1.807, 2.05) is 42.8 Å². The molecule has 1 unspecified atom stereocenters. The second-order valence-electron chi connectivity index (χ2n) is 7.61. The zero-order chi connectivity index (χ0) is 20.5. The van der Waals surface area contributed by atoms with Gasteiger partial charge in [-0.1, -0.05) is 26.0 Å². The van der Waals surface area contributed by atoms with Gasteiger partial charge in [-0.15, -0.1) is 10.2 Å². The lowest BCUT2D eigenvalue weighted by Crippen LogP contribution is -2.42. The van der Waals surface area contributed by atoms with Gasteiger partial charge in [-0.25, -0.2) is 4.99 Å². The fourth-order valence-corrected chi connectivity index (χ4v) is 2.71. The van der Waals surface area contributed by atoms with Crippen LogP contribution in [-0.2, 0) is 20.1 Å². The van der Waals surface area contributed by atoms with E-state index in [1.165, 1.54) is 6.42 Å². The minimum absolute atomic E-state index is 0.339. The number of aryl methyl sites for hydroxylation is 1. The molecular weight excluding hydrogens is 352 g/mol. The highest BCUT2D eigenvalue weighted by Gasteiger charge is 2.10. The molecule has 0 bridgehead atoms. The van der Waals surface area contributed by atoms with Gasteiger partial charge in [0.25, 0.3) is 0 Å². The summed E-state index contributed by atoms with van der Waals surface area (Å²) in [4.78, 5) is 4.76. The van der Waals surface area contributed by atoms with E-state index < -0.39 is 0 Å². The predicted octanol–water partition coefficient (Wildman–Crippen LogP) is 3.19. The van der Waals surface area contributed by atoms with Crippen molar-refractivity contribution in [3.05, 3.63) is 41.5 Å². The van der Waals surface area contributed by atoms with Gasteiger partial charge in [0.1, 0.15) is 11.6 Å². The standard InChI is InChI=1S/C21H34N6O/c1-15(2)7-8-16(3)24-21(23-14-20-26-25-17(4)27(20)5)22-13-18-9-11-19(28-6)12-10-18/h9-12,15-16H,7-8,13-14H2,1-6H3,(H2,22,23,24). The zero-order valence-corrected chi connectivity index (χ0v) is 18.0. The van der Waals surface area contributed by atoms with Gasteiger partial charge >= 0.3 is 0 Å². The number of hydrogen-bond donors (Lipinski definition) is 2. The van der Waals surface area contributed by atoms with Crippen LogP contribution in [-0.4, -0.2) is 33.9 Å². The molecule has 1 aromatic carbocycles. The summed E-state index contributed by atoms with van der Waals surface area (Å²) in [6.45, 7) is 9.80. The second-order valence-corrected chi connectivity index (χ2v) is 7.61. The molecule has 2 N–H and O–H groups in total. The molecule has 0 spiro atoms. The van der Waals surface area contributed by atoms with E-state index in [4.69, 9.17) is 9.73 Å². The number of hydrogen-bond acceptors (Lipinski definition) is 4. The van der Waals surface area contributed by atoms with Gasteiger partial charge in [0, 0.05) is 13.1 Å². The average Bonchev–Trinajstić information content (AvgIpc) is 3.01. The van der Waals surface area contributed by atoms with Crippen molar-refractivity contribution in [3.8, 4) is 5.75 Å². The Labute approximate surface area is 168 Å². The number of aromatic nitrogens is 3. The predicted molar refractivity (Wildman–Crippen MR) is 113 cm³/mol.